The van der Waals surface area contributed by atoms with Crippen LogP contribution in [-0.4, -0.2) is 81.4 Å². The number of aromatic nitrogens is 6. The molecular formula is C32H33FN10O. The van der Waals surface area contributed by atoms with E-state index in [0.29, 0.717) is 41.4 Å². The maximum atomic E-state index is 14.8. The van der Waals surface area contributed by atoms with Gasteiger partial charge < -0.3 is 31.0 Å². The highest BCUT2D eigenvalue weighted by Crippen LogP contribution is 2.37. The first-order valence-corrected chi connectivity index (χ1v) is 14.5. The molecule has 4 aromatic heterocycles. The Kier molecular flexibility index (Phi) is 7.07. The summed E-state index contributed by atoms with van der Waals surface area (Å²) in [5, 5.41) is 8.43. The van der Waals surface area contributed by atoms with Crippen LogP contribution in [0.4, 0.5) is 10.2 Å². The number of allylic oxidation sites excluding steroid dienone is 3. The molecule has 1 aromatic carbocycles. The number of nitrogens with zero attached hydrogens (tertiary/aromatic N) is 6. The summed E-state index contributed by atoms with van der Waals surface area (Å²) in [6, 6.07) is 9.00. The third-order valence-corrected chi connectivity index (χ3v) is 7.85. The number of hydrogen-bond acceptors (Lipinski definition) is 9. The van der Waals surface area contributed by atoms with Crippen LogP contribution in [0.2, 0.25) is 0 Å². The van der Waals surface area contributed by atoms with E-state index in [1.165, 1.54) is 12.1 Å². The van der Waals surface area contributed by atoms with Gasteiger partial charge in [-0.25, -0.2) is 14.4 Å². The molecule has 0 saturated carbocycles. The Morgan fingerprint density at radius 1 is 1.07 bits per heavy atom. The summed E-state index contributed by atoms with van der Waals surface area (Å²) in [7, 11) is 3.93. The number of fused-ring (bicyclic) bond motifs is 2. The quantitative estimate of drug-likeness (QED) is 0.212. The van der Waals surface area contributed by atoms with Crippen molar-refractivity contribution in [2.75, 3.05) is 45.2 Å². The van der Waals surface area contributed by atoms with Gasteiger partial charge in [-0.05, 0) is 55.6 Å². The van der Waals surface area contributed by atoms with Gasteiger partial charge in [-0.2, -0.15) is 5.10 Å². The van der Waals surface area contributed by atoms with E-state index < -0.39 is 0 Å². The Morgan fingerprint density at radius 2 is 1.93 bits per heavy atom. The molecule has 1 aliphatic carbocycles. The molecular weight excluding hydrogens is 559 g/mol. The molecule has 12 heteroatoms. The molecule has 7 rings (SSSR count). The Bertz CT molecular complexity index is 1920. The van der Waals surface area contributed by atoms with E-state index >= 15 is 0 Å². The number of benzene rings is 1. The fraction of sp³-hybridized carbons (Fsp3) is 0.250. The molecule has 224 valence electrons. The first-order chi connectivity index (χ1) is 21.3. The lowest BCUT2D eigenvalue weighted by molar-refractivity contribution is 0.260. The summed E-state index contributed by atoms with van der Waals surface area (Å²) in [5.74, 6) is 0.894. The lowest BCUT2D eigenvalue weighted by Crippen LogP contribution is -2.56. The van der Waals surface area contributed by atoms with E-state index in [1.807, 2.05) is 49.3 Å². The number of ether oxygens (including phenoxy) is 1. The Morgan fingerprint density at radius 3 is 2.75 bits per heavy atom. The van der Waals surface area contributed by atoms with Crippen LogP contribution >= 0.6 is 0 Å². The lowest BCUT2D eigenvalue weighted by Gasteiger charge is -2.37. The topological polar surface area (TPSA) is 151 Å². The van der Waals surface area contributed by atoms with Crippen molar-refractivity contribution in [3.05, 3.63) is 89.4 Å². The first kappa shape index (κ1) is 27.7. The summed E-state index contributed by atoms with van der Waals surface area (Å²) in [5.41, 5.74) is 20.0. The van der Waals surface area contributed by atoms with Crippen molar-refractivity contribution < 1.29 is 9.13 Å². The Balaban J connectivity index is 1.24. The second-order valence-electron chi connectivity index (χ2n) is 11.5. The molecule has 1 fully saturated rings. The molecule has 0 unspecified atom stereocenters. The van der Waals surface area contributed by atoms with Crippen molar-refractivity contribution in [1.29, 1.82) is 0 Å². The predicted molar refractivity (Wildman–Crippen MR) is 168 cm³/mol. The van der Waals surface area contributed by atoms with Crippen LogP contribution < -0.4 is 21.1 Å². The van der Waals surface area contributed by atoms with Gasteiger partial charge in [0.15, 0.2) is 5.65 Å². The normalized spacial score (nSPS) is 15.2. The van der Waals surface area contributed by atoms with Gasteiger partial charge in [0, 0.05) is 72.3 Å². The van der Waals surface area contributed by atoms with Crippen molar-refractivity contribution >= 4 is 22.4 Å². The number of pyridine rings is 1. The number of H-pyrrole nitrogens is 2. The zero-order valence-electron chi connectivity index (χ0n) is 24.5. The number of likely N-dealkylation sites (N-methyl/N-ethyl adjacent to an activating group) is 1. The minimum Gasteiger partial charge on any atom is -0.492 e. The van der Waals surface area contributed by atoms with Crippen molar-refractivity contribution in [3.63, 3.8) is 0 Å². The SMILES string of the molecule is CN(C)CCOc1cc(F)cc(C2=CC=C(N)Cc3[nH]c(-c4[nH]nc5ncc(-c6cncc(N7CC(N)C7)n6)cc45)cc32)c1. The van der Waals surface area contributed by atoms with Crippen LogP contribution in [0.1, 0.15) is 16.8 Å². The number of halogens is 1. The number of aromatic amines is 2. The lowest BCUT2D eigenvalue weighted by atomic mass is 9.97. The van der Waals surface area contributed by atoms with Crippen molar-refractivity contribution in [2.24, 2.45) is 11.5 Å². The van der Waals surface area contributed by atoms with Crippen LogP contribution in [0.5, 0.6) is 5.75 Å². The number of nitrogens with two attached hydrogens (primary N) is 2. The van der Waals surface area contributed by atoms with Crippen LogP contribution in [0.15, 0.2) is 66.8 Å². The Labute approximate surface area is 253 Å². The smallest absolute Gasteiger partial charge is 0.181 e. The molecule has 5 aromatic rings. The van der Waals surface area contributed by atoms with E-state index in [4.69, 9.17) is 21.2 Å². The summed E-state index contributed by atoms with van der Waals surface area (Å²) in [6.45, 7) is 2.69. The maximum Gasteiger partial charge on any atom is 0.181 e. The van der Waals surface area contributed by atoms with Gasteiger partial charge >= 0.3 is 0 Å². The van der Waals surface area contributed by atoms with E-state index in [-0.39, 0.29) is 11.9 Å². The van der Waals surface area contributed by atoms with Gasteiger partial charge in [0.2, 0.25) is 0 Å². The van der Waals surface area contributed by atoms with E-state index in [2.05, 4.69) is 30.0 Å². The summed E-state index contributed by atoms with van der Waals surface area (Å²) >= 11 is 0. The van der Waals surface area contributed by atoms with Crippen molar-refractivity contribution in [2.45, 2.75) is 12.5 Å². The van der Waals surface area contributed by atoms with Crippen LogP contribution in [0, 0.1) is 5.82 Å². The molecule has 1 aliphatic heterocycles. The monoisotopic (exact) mass is 592 g/mol. The molecule has 2 aliphatic rings. The predicted octanol–water partition coefficient (Wildman–Crippen LogP) is 3.47. The zero-order valence-corrected chi connectivity index (χ0v) is 24.5. The fourth-order valence-electron chi connectivity index (χ4n) is 5.55. The van der Waals surface area contributed by atoms with Crippen LogP contribution in [0.25, 0.3) is 39.3 Å². The van der Waals surface area contributed by atoms with Crippen LogP contribution in [-0.2, 0) is 6.42 Å². The average Bonchev–Trinajstić information content (AvgIpc) is 3.55. The average molecular weight is 593 g/mol. The molecule has 0 bridgehead atoms. The molecule has 5 heterocycles. The molecule has 0 spiro atoms. The van der Waals surface area contributed by atoms with Gasteiger partial charge in [0.1, 0.15) is 24.0 Å². The van der Waals surface area contributed by atoms with Gasteiger partial charge in [-0.3, -0.25) is 10.1 Å². The fourth-order valence-corrected chi connectivity index (χ4v) is 5.55. The first-order valence-electron chi connectivity index (χ1n) is 14.5. The standard InChI is InChI=1S/C32H33FN10O/c1-42(2)5-6-44-23-8-18(7-20(33)10-23)24-4-3-21(34)11-27-25(24)12-28(38-27)31-26-9-19(13-37-32(26)41-40-31)29-14-36-15-30(39-29)43-16-22(35)17-43/h3-4,7-10,12-15,22,38H,5-6,11,16-17,34-35H2,1-2H3,(H,37,40,41). The second-order valence-corrected chi connectivity index (χ2v) is 11.5. The minimum absolute atomic E-state index is 0.161. The van der Waals surface area contributed by atoms with Gasteiger partial charge in [-0.1, -0.05) is 6.08 Å². The number of anilines is 1. The minimum atomic E-state index is -0.371. The van der Waals surface area contributed by atoms with Crippen LogP contribution in [0.3, 0.4) is 0 Å². The van der Waals surface area contributed by atoms with E-state index in [9.17, 15) is 4.39 Å². The molecule has 1 saturated heterocycles. The van der Waals surface area contributed by atoms with E-state index in [0.717, 1.165) is 64.6 Å². The molecule has 6 N–H and O–H groups in total. The number of nitrogens with one attached hydrogen (secondary N) is 2. The van der Waals surface area contributed by atoms with Crippen molar-refractivity contribution in [1.82, 2.24) is 35.0 Å². The van der Waals surface area contributed by atoms with Gasteiger partial charge in [-0.15, -0.1) is 0 Å². The van der Waals surface area contributed by atoms with Gasteiger partial charge in [0.05, 0.1) is 29.5 Å². The third kappa shape index (κ3) is 5.40. The second kappa shape index (κ2) is 11.2. The highest BCUT2D eigenvalue weighted by molar-refractivity contribution is 5.94. The number of hydrogen-bond donors (Lipinski definition) is 4. The van der Waals surface area contributed by atoms with E-state index in [1.54, 1.807) is 18.6 Å². The highest BCUT2D eigenvalue weighted by atomic mass is 19.1. The molecule has 44 heavy (non-hydrogen) atoms. The molecule has 11 nitrogen and oxygen atoms in total. The van der Waals surface area contributed by atoms with Gasteiger partial charge in [0.25, 0.3) is 0 Å². The zero-order chi connectivity index (χ0) is 30.4. The summed E-state index contributed by atoms with van der Waals surface area (Å²) in [6.07, 6.45) is 9.53. The number of rotatable bonds is 8. The molecule has 0 radical (unpaired) electrons. The van der Waals surface area contributed by atoms with Crippen molar-refractivity contribution in [3.8, 4) is 28.4 Å². The maximum absolute atomic E-state index is 14.8. The Hall–Kier alpha value is -5.07. The highest BCUT2D eigenvalue weighted by Gasteiger charge is 2.25. The third-order valence-electron chi connectivity index (χ3n) is 7.85. The molecule has 0 amide bonds. The summed E-state index contributed by atoms with van der Waals surface area (Å²) < 4.78 is 20.7. The summed E-state index contributed by atoms with van der Waals surface area (Å²) in [4.78, 5) is 21.5. The molecule has 0 atom stereocenters. The largest absolute Gasteiger partial charge is 0.492 e.